The summed E-state index contributed by atoms with van der Waals surface area (Å²) >= 11 is 0. The highest BCUT2D eigenvalue weighted by Crippen LogP contribution is 2.33. The number of likely N-dealkylation sites (tertiary alicyclic amines) is 1. The van der Waals surface area contributed by atoms with Crippen LogP contribution in [0.5, 0.6) is 0 Å². The second kappa shape index (κ2) is 7.66. The van der Waals surface area contributed by atoms with Crippen LogP contribution < -0.4 is 5.32 Å². The first-order chi connectivity index (χ1) is 12.5. The fraction of sp³-hybridized carbons (Fsp3) is 0.348. The van der Waals surface area contributed by atoms with Crippen molar-refractivity contribution in [3.05, 3.63) is 70.8 Å². The van der Waals surface area contributed by atoms with Gasteiger partial charge in [0.1, 0.15) is 0 Å². The number of nitrogens with one attached hydrogen (secondary N) is 1. The Morgan fingerprint density at radius 3 is 2.35 bits per heavy atom. The number of benzene rings is 2. The van der Waals surface area contributed by atoms with E-state index >= 15 is 0 Å². The van der Waals surface area contributed by atoms with Crippen molar-refractivity contribution in [1.29, 1.82) is 5.26 Å². The van der Waals surface area contributed by atoms with Gasteiger partial charge in [0.05, 0.1) is 11.6 Å². The van der Waals surface area contributed by atoms with Crippen LogP contribution in [0.1, 0.15) is 46.6 Å². The van der Waals surface area contributed by atoms with Crippen molar-refractivity contribution in [2.45, 2.75) is 32.6 Å². The lowest BCUT2D eigenvalue weighted by Gasteiger charge is -2.35. The minimum atomic E-state index is 0.568. The predicted octanol–water partition coefficient (Wildman–Crippen LogP) is 5.07. The molecule has 26 heavy (non-hydrogen) atoms. The van der Waals surface area contributed by atoms with Crippen LogP contribution in [0.2, 0.25) is 0 Å². The first-order valence-electron chi connectivity index (χ1n) is 9.26. The van der Waals surface area contributed by atoms with Crippen LogP contribution in [0.25, 0.3) is 5.70 Å². The van der Waals surface area contributed by atoms with E-state index in [1.807, 2.05) is 19.2 Å². The molecular weight excluding hydrogens is 318 g/mol. The zero-order valence-corrected chi connectivity index (χ0v) is 16.0. The minimum Gasteiger partial charge on any atom is -0.388 e. The largest absolute Gasteiger partial charge is 0.388 e. The average Bonchev–Trinajstić information content (AvgIpc) is 2.68. The highest BCUT2D eigenvalue weighted by atomic mass is 15.1. The number of hydrogen-bond donors (Lipinski definition) is 1. The highest BCUT2D eigenvalue weighted by molar-refractivity contribution is 5.70. The zero-order valence-electron chi connectivity index (χ0n) is 16.0. The Labute approximate surface area is 157 Å². The van der Waals surface area contributed by atoms with Gasteiger partial charge in [0.2, 0.25) is 0 Å². The fourth-order valence-corrected chi connectivity index (χ4v) is 3.92. The number of anilines is 1. The SMILES string of the molecule is C=C(c1cc(NC)c(C)cc1C)N1CCC(c2ccc(C#N)cc2)CC1. The first kappa shape index (κ1) is 18.1. The number of piperidine rings is 1. The van der Waals surface area contributed by atoms with Crippen LogP contribution in [0.15, 0.2) is 43.0 Å². The van der Waals surface area contributed by atoms with Gasteiger partial charge in [-0.1, -0.05) is 24.8 Å². The van der Waals surface area contributed by atoms with Gasteiger partial charge in [-0.15, -0.1) is 0 Å². The van der Waals surface area contributed by atoms with E-state index in [1.165, 1.54) is 27.9 Å². The molecule has 0 radical (unpaired) electrons. The molecule has 1 aliphatic rings. The van der Waals surface area contributed by atoms with Gasteiger partial charge in [0, 0.05) is 37.1 Å². The van der Waals surface area contributed by atoms with Gasteiger partial charge in [0.25, 0.3) is 0 Å². The molecule has 0 saturated carbocycles. The molecule has 0 spiro atoms. The smallest absolute Gasteiger partial charge is 0.0991 e. The maximum atomic E-state index is 8.95. The molecule has 134 valence electrons. The number of aryl methyl sites for hydroxylation is 2. The molecule has 0 aliphatic carbocycles. The molecule has 3 heteroatoms. The third-order valence-electron chi connectivity index (χ3n) is 5.54. The van der Waals surface area contributed by atoms with Crippen LogP contribution in [0.4, 0.5) is 5.69 Å². The van der Waals surface area contributed by atoms with Crippen molar-refractivity contribution in [2.24, 2.45) is 0 Å². The lowest BCUT2D eigenvalue weighted by molar-refractivity contribution is 0.299. The summed E-state index contributed by atoms with van der Waals surface area (Å²) in [5, 5.41) is 12.2. The van der Waals surface area contributed by atoms with E-state index in [-0.39, 0.29) is 0 Å². The summed E-state index contributed by atoms with van der Waals surface area (Å²) in [5.41, 5.74) is 8.14. The monoisotopic (exact) mass is 345 g/mol. The Hall–Kier alpha value is -2.73. The van der Waals surface area contributed by atoms with E-state index in [0.717, 1.165) is 37.2 Å². The molecule has 0 atom stereocenters. The number of hydrogen-bond acceptors (Lipinski definition) is 3. The number of rotatable bonds is 4. The van der Waals surface area contributed by atoms with Crippen LogP contribution in [-0.2, 0) is 0 Å². The minimum absolute atomic E-state index is 0.568. The molecule has 0 aromatic heterocycles. The lowest BCUT2D eigenvalue weighted by Crippen LogP contribution is -2.31. The molecule has 2 aromatic carbocycles. The molecule has 1 heterocycles. The van der Waals surface area contributed by atoms with Crippen molar-refractivity contribution in [3.63, 3.8) is 0 Å². The lowest BCUT2D eigenvalue weighted by atomic mass is 9.88. The number of nitriles is 1. The molecule has 3 rings (SSSR count). The normalized spacial score (nSPS) is 14.8. The van der Waals surface area contributed by atoms with Gasteiger partial charge in [-0.25, -0.2) is 0 Å². The molecule has 1 N–H and O–H groups in total. The Kier molecular flexibility index (Phi) is 5.32. The van der Waals surface area contributed by atoms with Gasteiger partial charge >= 0.3 is 0 Å². The van der Waals surface area contributed by atoms with Crippen molar-refractivity contribution >= 4 is 11.4 Å². The maximum absolute atomic E-state index is 8.95. The van der Waals surface area contributed by atoms with E-state index in [0.29, 0.717) is 5.92 Å². The highest BCUT2D eigenvalue weighted by Gasteiger charge is 2.22. The second-order valence-corrected chi connectivity index (χ2v) is 7.17. The number of nitrogens with zero attached hydrogens (tertiary/aromatic N) is 2. The molecular formula is C23H27N3. The third-order valence-corrected chi connectivity index (χ3v) is 5.54. The molecule has 1 aliphatic heterocycles. The molecule has 1 saturated heterocycles. The summed E-state index contributed by atoms with van der Waals surface area (Å²) in [6, 6.07) is 14.7. The van der Waals surface area contributed by atoms with Crippen molar-refractivity contribution < 1.29 is 0 Å². The Balaban J connectivity index is 1.69. The van der Waals surface area contributed by atoms with E-state index in [9.17, 15) is 0 Å². The van der Waals surface area contributed by atoms with Crippen LogP contribution >= 0.6 is 0 Å². The fourth-order valence-electron chi connectivity index (χ4n) is 3.92. The molecule has 3 nitrogen and oxygen atoms in total. The van der Waals surface area contributed by atoms with E-state index < -0.39 is 0 Å². The summed E-state index contributed by atoms with van der Waals surface area (Å²) < 4.78 is 0. The van der Waals surface area contributed by atoms with Crippen LogP contribution in [0, 0.1) is 25.2 Å². The summed E-state index contributed by atoms with van der Waals surface area (Å²) in [6.07, 6.45) is 2.24. The van der Waals surface area contributed by atoms with Gasteiger partial charge in [-0.2, -0.15) is 5.26 Å². The second-order valence-electron chi connectivity index (χ2n) is 7.17. The van der Waals surface area contributed by atoms with Crippen molar-refractivity contribution in [3.8, 4) is 6.07 Å². The molecule has 2 aromatic rings. The third kappa shape index (κ3) is 3.60. The van der Waals surface area contributed by atoms with E-state index in [2.05, 4.69) is 61.0 Å². The Bertz CT molecular complexity index is 835. The Morgan fingerprint density at radius 2 is 1.77 bits per heavy atom. The first-order valence-corrected chi connectivity index (χ1v) is 9.26. The van der Waals surface area contributed by atoms with Gasteiger partial charge in [-0.3, -0.25) is 0 Å². The quantitative estimate of drug-likeness (QED) is 0.841. The molecule has 0 bridgehead atoms. The van der Waals surface area contributed by atoms with Crippen LogP contribution in [-0.4, -0.2) is 25.0 Å². The van der Waals surface area contributed by atoms with Gasteiger partial charge in [-0.05, 0) is 67.5 Å². The summed E-state index contributed by atoms with van der Waals surface area (Å²) in [7, 11) is 1.97. The zero-order chi connectivity index (χ0) is 18.7. The molecule has 0 amide bonds. The summed E-state index contributed by atoms with van der Waals surface area (Å²) in [6.45, 7) is 10.7. The summed E-state index contributed by atoms with van der Waals surface area (Å²) in [5.74, 6) is 0.568. The van der Waals surface area contributed by atoms with Crippen molar-refractivity contribution in [2.75, 3.05) is 25.5 Å². The van der Waals surface area contributed by atoms with Crippen molar-refractivity contribution in [1.82, 2.24) is 4.90 Å². The average molecular weight is 345 g/mol. The molecule has 1 fully saturated rings. The summed E-state index contributed by atoms with van der Waals surface area (Å²) in [4.78, 5) is 2.41. The molecule has 0 unspecified atom stereocenters. The topological polar surface area (TPSA) is 39.1 Å². The van der Waals surface area contributed by atoms with Crippen LogP contribution in [0.3, 0.4) is 0 Å². The maximum Gasteiger partial charge on any atom is 0.0991 e. The Morgan fingerprint density at radius 1 is 1.12 bits per heavy atom. The van der Waals surface area contributed by atoms with E-state index in [4.69, 9.17) is 5.26 Å². The van der Waals surface area contributed by atoms with Gasteiger partial charge < -0.3 is 10.2 Å². The van der Waals surface area contributed by atoms with Gasteiger partial charge in [0.15, 0.2) is 0 Å². The predicted molar refractivity (Wildman–Crippen MR) is 109 cm³/mol. The standard InChI is InChI=1S/C23H27N3/c1-16-13-17(2)23(25-4)14-22(16)18(3)26-11-9-21(10-12-26)20-7-5-19(15-24)6-8-20/h5-8,13-14,21,25H,3,9-12H2,1-2,4H3. The van der Waals surface area contributed by atoms with E-state index in [1.54, 1.807) is 0 Å².